The van der Waals surface area contributed by atoms with Crippen LogP contribution in [-0.2, 0) is 0 Å². The topological polar surface area (TPSA) is 32.8 Å². The van der Waals surface area contributed by atoms with Gasteiger partial charge in [-0.05, 0) is 169 Å². The first-order chi connectivity index (χ1) is 33.3. The van der Waals surface area contributed by atoms with Crippen molar-refractivity contribution in [2.24, 2.45) is 0 Å². The van der Waals surface area contributed by atoms with Gasteiger partial charge in [0.1, 0.15) is 22.3 Å². The van der Waals surface area contributed by atoms with E-state index in [1.54, 1.807) is 0 Å². The molecule has 0 amide bonds. The van der Waals surface area contributed by atoms with Crippen LogP contribution in [-0.4, -0.2) is 0 Å². The van der Waals surface area contributed by atoms with E-state index in [-0.39, 0.29) is 0 Å². The maximum absolute atomic E-state index is 6.12. The number of anilines is 6. The first kappa shape index (κ1) is 40.9. The smallest absolute Gasteiger partial charge is 0.135 e. The molecule has 0 unspecified atom stereocenters. The number of hydrogen-bond donors (Lipinski definition) is 0. The van der Waals surface area contributed by atoms with Gasteiger partial charge in [-0.3, -0.25) is 0 Å². The maximum atomic E-state index is 6.12. The number of rotatable bonds is 9. The van der Waals surface area contributed by atoms with Crippen LogP contribution in [0.4, 0.5) is 34.1 Å². The van der Waals surface area contributed by atoms with Gasteiger partial charge in [0.05, 0.1) is 0 Å². The molecule has 12 aromatic rings. The average Bonchev–Trinajstić information content (AvgIpc) is 3.94. The fourth-order valence-electron chi connectivity index (χ4n) is 9.99. The number of para-hydroxylation sites is 2. The molecule has 0 aliphatic heterocycles. The predicted molar refractivity (Wildman–Crippen MR) is 286 cm³/mol. The van der Waals surface area contributed by atoms with Gasteiger partial charge in [0.2, 0.25) is 0 Å². The number of benzene rings is 10. The normalized spacial score (nSPS) is 11.5. The molecule has 0 atom stereocenters. The van der Waals surface area contributed by atoms with Crippen LogP contribution in [0, 0.1) is 27.7 Å². The third-order valence-electron chi connectivity index (χ3n) is 13.4. The third-order valence-corrected chi connectivity index (χ3v) is 13.4. The standard InChI is InChI=1S/C64H48N2O2/c1-41-13-33-59(43(3)37-41)65(53-29-19-47(20-30-53)49-23-35-63-57(39-49)55-9-5-7-11-61(55)67-63)51-25-15-45(16-26-51)46-17-27-52(28-18-46)66(60-34-14-42(2)38-44(60)4)54-31-21-48(22-32-54)50-24-36-64-58(40-50)56-10-6-8-12-62(56)68-64/h5-40H,1-4H3. The van der Waals surface area contributed by atoms with E-state index < -0.39 is 0 Å². The Hall–Kier alpha value is -8.60. The number of hydrogen-bond acceptors (Lipinski definition) is 4. The molecule has 2 aromatic heterocycles. The van der Waals surface area contributed by atoms with Crippen LogP contribution in [0.1, 0.15) is 22.3 Å². The summed E-state index contributed by atoms with van der Waals surface area (Å²) in [5.41, 5.74) is 22.2. The van der Waals surface area contributed by atoms with E-state index >= 15 is 0 Å². The van der Waals surface area contributed by atoms with Crippen molar-refractivity contribution in [1.82, 2.24) is 0 Å². The molecule has 10 aromatic carbocycles. The van der Waals surface area contributed by atoms with Gasteiger partial charge in [0.15, 0.2) is 0 Å². The minimum Gasteiger partial charge on any atom is -0.456 e. The molecule has 2 heterocycles. The highest BCUT2D eigenvalue weighted by molar-refractivity contribution is 6.07. The monoisotopic (exact) mass is 876 g/mol. The first-order valence-corrected chi connectivity index (χ1v) is 23.3. The van der Waals surface area contributed by atoms with Gasteiger partial charge in [0.25, 0.3) is 0 Å². The lowest BCUT2D eigenvalue weighted by Gasteiger charge is -2.28. The second kappa shape index (κ2) is 16.7. The summed E-state index contributed by atoms with van der Waals surface area (Å²) in [6, 6.07) is 78.6. The van der Waals surface area contributed by atoms with Crippen molar-refractivity contribution in [3.63, 3.8) is 0 Å². The summed E-state index contributed by atoms with van der Waals surface area (Å²) < 4.78 is 12.2. The molecule has 0 aliphatic rings. The molecule has 12 rings (SSSR count). The van der Waals surface area contributed by atoms with Gasteiger partial charge in [-0.2, -0.15) is 0 Å². The molecule has 68 heavy (non-hydrogen) atoms. The lowest BCUT2D eigenvalue weighted by atomic mass is 10.0. The maximum Gasteiger partial charge on any atom is 0.135 e. The minimum absolute atomic E-state index is 0.905. The summed E-state index contributed by atoms with van der Waals surface area (Å²) in [7, 11) is 0. The summed E-state index contributed by atoms with van der Waals surface area (Å²) in [5.74, 6) is 0. The zero-order valence-electron chi connectivity index (χ0n) is 38.5. The van der Waals surface area contributed by atoms with E-state index in [2.05, 4.69) is 232 Å². The molecular formula is C64H48N2O2. The van der Waals surface area contributed by atoms with Crippen molar-refractivity contribution in [3.05, 3.63) is 241 Å². The molecule has 0 aliphatic carbocycles. The van der Waals surface area contributed by atoms with Crippen LogP contribution in [0.2, 0.25) is 0 Å². The van der Waals surface area contributed by atoms with Crippen molar-refractivity contribution in [2.45, 2.75) is 27.7 Å². The SMILES string of the molecule is Cc1ccc(N(c2ccc(-c3ccc(N(c4ccc(-c5ccc6oc7ccccc7c6c5)cc4)c4ccc(C)cc4C)cc3)cc2)c2ccc(-c3ccc4oc5ccccc5c4c3)cc2)c(C)c1. The Balaban J connectivity index is 0.846. The molecular weight excluding hydrogens is 829 g/mol. The van der Waals surface area contributed by atoms with Crippen LogP contribution in [0.5, 0.6) is 0 Å². The van der Waals surface area contributed by atoms with Crippen LogP contribution in [0.3, 0.4) is 0 Å². The zero-order chi connectivity index (χ0) is 45.9. The molecule has 4 heteroatoms. The van der Waals surface area contributed by atoms with Crippen molar-refractivity contribution >= 4 is 78.0 Å². The Labute approximate surface area is 396 Å². The molecule has 0 spiro atoms. The number of nitrogens with zero attached hydrogens (tertiary/aromatic N) is 2. The van der Waals surface area contributed by atoms with Crippen molar-refractivity contribution in [3.8, 4) is 33.4 Å². The third kappa shape index (κ3) is 7.37. The largest absolute Gasteiger partial charge is 0.456 e. The fraction of sp³-hybridized carbons (Fsp3) is 0.0625. The molecule has 0 N–H and O–H groups in total. The summed E-state index contributed by atoms with van der Waals surface area (Å²) in [5, 5.41) is 4.54. The van der Waals surface area contributed by atoms with Gasteiger partial charge in [-0.25, -0.2) is 0 Å². The Morgan fingerprint density at radius 1 is 0.265 bits per heavy atom. The molecule has 0 saturated carbocycles. The second-order valence-corrected chi connectivity index (χ2v) is 18.1. The number of furan rings is 2. The van der Waals surface area contributed by atoms with Gasteiger partial charge in [-0.15, -0.1) is 0 Å². The summed E-state index contributed by atoms with van der Waals surface area (Å²) in [6.45, 7) is 8.70. The quantitative estimate of drug-likeness (QED) is 0.145. The molecule has 0 radical (unpaired) electrons. The van der Waals surface area contributed by atoms with Crippen molar-refractivity contribution < 1.29 is 8.83 Å². The second-order valence-electron chi connectivity index (χ2n) is 18.1. The number of aryl methyl sites for hydroxylation is 4. The molecule has 0 fully saturated rings. The van der Waals surface area contributed by atoms with Crippen LogP contribution in [0.15, 0.2) is 227 Å². The van der Waals surface area contributed by atoms with Gasteiger partial charge in [-0.1, -0.05) is 132 Å². The lowest BCUT2D eigenvalue weighted by molar-refractivity contribution is 0.668. The number of fused-ring (bicyclic) bond motifs is 6. The molecule has 0 bridgehead atoms. The fourth-order valence-corrected chi connectivity index (χ4v) is 9.99. The highest BCUT2D eigenvalue weighted by Crippen LogP contribution is 2.42. The van der Waals surface area contributed by atoms with Crippen LogP contribution < -0.4 is 9.80 Å². The van der Waals surface area contributed by atoms with E-state index in [1.165, 1.54) is 22.3 Å². The van der Waals surface area contributed by atoms with Crippen molar-refractivity contribution in [2.75, 3.05) is 9.80 Å². The molecule has 326 valence electrons. The van der Waals surface area contributed by atoms with Gasteiger partial charge in [0, 0.05) is 55.7 Å². The Morgan fingerprint density at radius 3 is 0.926 bits per heavy atom. The summed E-state index contributed by atoms with van der Waals surface area (Å²) in [6.07, 6.45) is 0. The summed E-state index contributed by atoms with van der Waals surface area (Å²) >= 11 is 0. The lowest BCUT2D eigenvalue weighted by Crippen LogP contribution is -2.11. The van der Waals surface area contributed by atoms with Crippen LogP contribution >= 0.6 is 0 Å². The first-order valence-electron chi connectivity index (χ1n) is 23.3. The van der Waals surface area contributed by atoms with Gasteiger partial charge < -0.3 is 18.6 Å². The van der Waals surface area contributed by atoms with E-state index in [4.69, 9.17) is 8.83 Å². The molecule has 0 saturated heterocycles. The Morgan fingerprint density at radius 2 is 0.574 bits per heavy atom. The predicted octanol–water partition coefficient (Wildman–Crippen LogP) is 18.7. The Bertz CT molecular complexity index is 3570. The highest BCUT2D eigenvalue weighted by atomic mass is 16.3. The summed E-state index contributed by atoms with van der Waals surface area (Å²) in [4.78, 5) is 4.73. The van der Waals surface area contributed by atoms with E-state index in [1.807, 2.05) is 24.3 Å². The zero-order valence-corrected chi connectivity index (χ0v) is 38.5. The van der Waals surface area contributed by atoms with E-state index in [0.29, 0.717) is 0 Å². The van der Waals surface area contributed by atoms with Crippen molar-refractivity contribution in [1.29, 1.82) is 0 Å². The van der Waals surface area contributed by atoms with E-state index in [9.17, 15) is 0 Å². The average molecular weight is 877 g/mol. The Kier molecular flexibility index (Phi) is 10.0. The van der Waals surface area contributed by atoms with Gasteiger partial charge >= 0.3 is 0 Å². The minimum atomic E-state index is 0.905. The van der Waals surface area contributed by atoms with Crippen LogP contribution in [0.25, 0.3) is 77.3 Å². The molecule has 4 nitrogen and oxygen atoms in total. The van der Waals surface area contributed by atoms with E-state index in [0.717, 1.165) is 111 Å². The highest BCUT2D eigenvalue weighted by Gasteiger charge is 2.19.